The first-order valence-corrected chi connectivity index (χ1v) is 11.5. The van der Waals surface area contributed by atoms with E-state index in [0.29, 0.717) is 29.9 Å². The van der Waals surface area contributed by atoms with Crippen LogP contribution >= 0.6 is 0 Å². The number of carbonyl (C=O) groups is 1. The summed E-state index contributed by atoms with van der Waals surface area (Å²) < 4.78 is 0. The number of nitrogens with one attached hydrogen (secondary N) is 1. The van der Waals surface area contributed by atoms with Crippen molar-refractivity contribution < 1.29 is 9.90 Å². The summed E-state index contributed by atoms with van der Waals surface area (Å²) in [5, 5.41) is 17.2. The third-order valence-corrected chi connectivity index (χ3v) is 8.47. The molecule has 5 nitrogen and oxygen atoms in total. The van der Waals surface area contributed by atoms with Crippen molar-refractivity contribution in [3.8, 4) is 0 Å². The fraction of sp³-hybridized carbons (Fsp3) is 0.870. The molecule has 5 heteroatoms. The van der Waals surface area contributed by atoms with Gasteiger partial charge in [-0.1, -0.05) is 39.0 Å². The van der Waals surface area contributed by atoms with Crippen molar-refractivity contribution in [1.82, 2.24) is 15.2 Å². The van der Waals surface area contributed by atoms with Gasteiger partial charge in [0.1, 0.15) is 17.9 Å². The van der Waals surface area contributed by atoms with E-state index in [0.717, 1.165) is 25.2 Å². The van der Waals surface area contributed by atoms with E-state index >= 15 is 0 Å². The first-order valence-electron chi connectivity index (χ1n) is 11.5. The Balaban J connectivity index is 1.37. The predicted molar refractivity (Wildman–Crippen MR) is 109 cm³/mol. The van der Waals surface area contributed by atoms with Gasteiger partial charge in [-0.05, 0) is 68.6 Å². The lowest BCUT2D eigenvalue weighted by Gasteiger charge is -2.45. The summed E-state index contributed by atoms with van der Waals surface area (Å²) in [4.78, 5) is 17.2. The van der Waals surface area contributed by atoms with E-state index in [1.54, 1.807) is 0 Å². The molecular weight excluding hydrogens is 350 g/mol. The summed E-state index contributed by atoms with van der Waals surface area (Å²) in [6, 6.07) is 0. The molecule has 0 aliphatic heterocycles. The molecule has 0 saturated heterocycles. The number of nitrogens with zero attached hydrogens (tertiary/aromatic N) is 2. The van der Waals surface area contributed by atoms with Crippen LogP contribution in [-0.2, 0) is 11.2 Å². The van der Waals surface area contributed by atoms with Gasteiger partial charge in [0, 0.05) is 5.92 Å². The molecule has 0 amide bonds. The molecule has 1 aromatic rings. The second-order valence-corrected chi connectivity index (χ2v) is 10.5. The van der Waals surface area contributed by atoms with E-state index in [2.05, 4.69) is 22.1 Å². The zero-order valence-electron chi connectivity index (χ0n) is 17.6. The average molecular weight is 388 g/mol. The highest BCUT2D eigenvalue weighted by Gasteiger charge is 2.53. The minimum Gasteiger partial charge on any atom is -0.390 e. The Kier molecular flexibility index (Phi) is 5.65. The van der Waals surface area contributed by atoms with E-state index in [-0.39, 0.29) is 11.3 Å². The molecule has 3 aliphatic carbocycles. The molecule has 28 heavy (non-hydrogen) atoms. The molecule has 0 aromatic carbocycles. The average Bonchev–Trinajstić information content (AvgIpc) is 3.26. The van der Waals surface area contributed by atoms with Crippen molar-refractivity contribution >= 4 is 5.78 Å². The number of aromatic nitrogens is 3. The molecule has 3 aliphatic rings. The van der Waals surface area contributed by atoms with E-state index in [4.69, 9.17) is 0 Å². The first kappa shape index (κ1) is 20.1. The highest BCUT2D eigenvalue weighted by atomic mass is 16.3. The molecule has 4 rings (SSSR count). The second-order valence-electron chi connectivity index (χ2n) is 10.5. The van der Waals surface area contributed by atoms with Crippen LogP contribution in [0.1, 0.15) is 90.3 Å². The van der Waals surface area contributed by atoms with Gasteiger partial charge >= 0.3 is 0 Å². The zero-order valence-corrected chi connectivity index (χ0v) is 17.6. The molecule has 0 bridgehead atoms. The van der Waals surface area contributed by atoms with Crippen LogP contribution in [-0.4, -0.2) is 31.7 Å². The Morgan fingerprint density at radius 3 is 2.75 bits per heavy atom. The van der Waals surface area contributed by atoms with Gasteiger partial charge in [0.15, 0.2) is 0 Å². The maximum absolute atomic E-state index is 13.0. The van der Waals surface area contributed by atoms with Gasteiger partial charge in [-0.3, -0.25) is 9.89 Å². The maximum atomic E-state index is 13.0. The quantitative estimate of drug-likeness (QED) is 0.755. The summed E-state index contributed by atoms with van der Waals surface area (Å²) >= 11 is 0. The van der Waals surface area contributed by atoms with E-state index in [1.807, 2.05) is 6.92 Å². The molecule has 6 unspecified atom stereocenters. The van der Waals surface area contributed by atoms with Crippen LogP contribution in [0, 0.1) is 29.1 Å². The first-order chi connectivity index (χ1) is 13.4. The van der Waals surface area contributed by atoms with Crippen molar-refractivity contribution in [1.29, 1.82) is 0 Å². The van der Waals surface area contributed by atoms with Crippen LogP contribution in [0.2, 0.25) is 0 Å². The van der Waals surface area contributed by atoms with Crippen LogP contribution in [0.3, 0.4) is 0 Å². The van der Waals surface area contributed by atoms with E-state index in [1.165, 1.54) is 57.7 Å². The molecule has 2 N–H and O–H groups in total. The standard InChI is InChI=1S/C23H37N3O2/c1-22(28)11-3-5-16(14-22)7-8-17-6-4-12-23(2)18(17)9-10-19(23)20(27)13-21-24-15-25-26-21/h15-19,28H,3-14H2,1-2H3,(H,24,25,26). The Labute approximate surface area is 169 Å². The third kappa shape index (κ3) is 4.05. The third-order valence-electron chi connectivity index (χ3n) is 8.47. The van der Waals surface area contributed by atoms with Gasteiger partial charge in [0.05, 0.1) is 12.0 Å². The van der Waals surface area contributed by atoms with Crippen LogP contribution in [0.5, 0.6) is 0 Å². The van der Waals surface area contributed by atoms with Gasteiger partial charge in [-0.2, -0.15) is 5.10 Å². The van der Waals surface area contributed by atoms with Gasteiger partial charge in [0.25, 0.3) is 0 Å². The molecule has 156 valence electrons. The van der Waals surface area contributed by atoms with Gasteiger partial charge < -0.3 is 5.11 Å². The highest BCUT2D eigenvalue weighted by molar-refractivity contribution is 5.83. The summed E-state index contributed by atoms with van der Waals surface area (Å²) in [6.45, 7) is 4.41. The number of Topliss-reactive ketones (excluding diaryl/α,β-unsaturated/α-hetero) is 1. The molecule has 3 saturated carbocycles. The minimum atomic E-state index is -0.449. The Morgan fingerprint density at radius 2 is 2.00 bits per heavy atom. The molecule has 0 spiro atoms. The lowest BCUT2D eigenvalue weighted by atomic mass is 9.59. The predicted octanol–water partition coefficient (Wildman–Crippen LogP) is 4.47. The molecule has 0 radical (unpaired) electrons. The second kappa shape index (κ2) is 7.89. The monoisotopic (exact) mass is 387 g/mol. The summed E-state index contributed by atoms with van der Waals surface area (Å²) in [7, 11) is 0. The largest absolute Gasteiger partial charge is 0.390 e. The number of aliphatic hydroxyl groups is 1. The highest BCUT2D eigenvalue weighted by Crippen LogP contribution is 2.59. The Hall–Kier alpha value is -1.23. The maximum Gasteiger partial charge on any atom is 0.144 e. The van der Waals surface area contributed by atoms with Gasteiger partial charge in [0.2, 0.25) is 0 Å². The van der Waals surface area contributed by atoms with E-state index in [9.17, 15) is 9.90 Å². The van der Waals surface area contributed by atoms with Crippen molar-refractivity contribution in [3.63, 3.8) is 0 Å². The molecule has 3 fully saturated rings. The Bertz CT molecular complexity index is 671. The van der Waals surface area contributed by atoms with Crippen LogP contribution in [0.15, 0.2) is 6.33 Å². The number of hydrogen-bond donors (Lipinski definition) is 2. The number of carbonyl (C=O) groups excluding carboxylic acids is 1. The normalized spacial score (nSPS) is 41.0. The van der Waals surface area contributed by atoms with Crippen LogP contribution < -0.4 is 0 Å². The SMILES string of the molecule is CC1(O)CCCC(CCC2CCCC3(C)C(C(=O)Cc4ncn[nH]4)CCC23)C1. The van der Waals surface area contributed by atoms with Crippen molar-refractivity contribution in [3.05, 3.63) is 12.2 Å². The van der Waals surface area contributed by atoms with E-state index < -0.39 is 5.60 Å². The summed E-state index contributed by atoms with van der Waals surface area (Å²) in [5.41, 5.74) is -0.284. The fourth-order valence-electron chi connectivity index (χ4n) is 7.12. The topological polar surface area (TPSA) is 78.9 Å². The Morgan fingerprint density at radius 1 is 1.18 bits per heavy atom. The molecule has 6 atom stereocenters. The lowest BCUT2D eigenvalue weighted by molar-refractivity contribution is -0.127. The van der Waals surface area contributed by atoms with Crippen molar-refractivity contribution in [2.24, 2.45) is 29.1 Å². The van der Waals surface area contributed by atoms with Crippen LogP contribution in [0.4, 0.5) is 0 Å². The number of ketones is 1. The molecular formula is C23H37N3O2. The summed E-state index contributed by atoms with van der Waals surface area (Å²) in [6.07, 6.45) is 14.8. The van der Waals surface area contributed by atoms with Crippen molar-refractivity contribution in [2.75, 3.05) is 0 Å². The molecule has 1 heterocycles. The van der Waals surface area contributed by atoms with Crippen LogP contribution in [0.25, 0.3) is 0 Å². The smallest absolute Gasteiger partial charge is 0.144 e. The fourth-order valence-corrected chi connectivity index (χ4v) is 7.12. The number of fused-ring (bicyclic) bond motifs is 1. The number of hydrogen-bond acceptors (Lipinski definition) is 4. The number of rotatable bonds is 6. The summed E-state index contributed by atoms with van der Waals surface area (Å²) in [5.74, 6) is 3.37. The van der Waals surface area contributed by atoms with Gasteiger partial charge in [-0.15, -0.1) is 0 Å². The number of H-pyrrole nitrogens is 1. The van der Waals surface area contributed by atoms with Gasteiger partial charge in [-0.25, -0.2) is 4.98 Å². The number of aromatic amines is 1. The molecule has 1 aromatic heterocycles. The minimum absolute atomic E-state index is 0.165. The van der Waals surface area contributed by atoms with Crippen molar-refractivity contribution in [2.45, 2.75) is 96.5 Å². The lowest BCUT2D eigenvalue weighted by Crippen LogP contribution is -2.40. The zero-order chi connectivity index (χ0) is 19.8.